The first-order valence-corrected chi connectivity index (χ1v) is 6.40. The third-order valence-corrected chi connectivity index (χ3v) is 2.98. The fourth-order valence-electron chi connectivity index (χ4n) is 1.59. The maximum Gasteiger partial charge on any atom is 0.335 e. The zero-order valence-corrected chi connectivity index (χ0v) is 11.6. The van der Waals surface area contributed by atoms with Gasteiger partial charge in [0.05, 0.1) is 5.56 Å². The Morgan fingerprint density at radius 2 is 2.06 bits per heavy atom. The molecule has 0 atom stereocenters. The molecular formula is C14H22N2O2. The van der Waals surface area contributed by atoms with Crippen molar-refractivity contribution in [2.75, 3.05) is 5.32 Å². The molecule has 1 heterocycles. The van der Waals surface area contributed by atoms with E-state index in [1.54, 1.807) is 12.1 Å². The van der Waals surface area contributed by atoms with E-state index in [9.17, 15) is 4.79 Å². The summed E-state index contributed by atoms with van der Waals surface area (Å²) in [6, 6.07) is 3.24. The molecule has 1 rings (SSSR count). The van der Waals surface area contributed by atoms with Crippen LogP contribution in [0.25, 0.3) is 0 Å². The van der Waals surface area contributed by atoms with E-state index in [1.165, 1.54) is 0 Å². The van der Waals surface area contributed by atoms with Crippen molar-refractivity contribution in [2.45, 2.75) is 52.5 Å². The highest BCUT2D eigenvalue weighted by molar-refractivity contribution is 5.88. The van der Waals surface area contributed by atoms with Crippen molar-refractivity contribution in [3.05, 3.63) is 23.4 Å². The molecule has 0 bridgehead atoms. The molecule has 4 heteroatoms. The minimum Gasteiger partial charge on any atom is -0.478 e. The molecule has 0 saturated carbocycles. The highest BCUT2D eigenvalue weighted by Gasteiger charge is 2.16. The van der Waals surface area contributed by atoms with E-state index in [1.807, 2.05) is 0 Å². The molecule has 0 aliphatic rings. The number of aromatic carboxylic acids is 1. The Kier molecular flexibility index (Phi) is 4.70. The lowest BCUT2D eigenvalue weighted by Crippen LogP contribution is -2.30. The number of pyridine rings is 1. The van der Waals surface area contributed by atoms with Crippen LogP contribution in [0.1, 0.15) is 56.6 Å². The third-order valence-electron chi connectivity index (χ3n) is 2.98. The van der Waals surface area contributed by atoms with Crippen LogP contribution in [0.2, 0.25) is 0 Å². The van der Waals surface area contributed by atoms with Gasteiger partial charge in [-0.3, -0.25) is 0 Å². The van der Waals surface area contributed by atoms with Crippen molar-refractivity contribution in [1.29, 1.82) is 0 Å². The molecular weight excluding hydrogens is 228 g/mol. The van der Waals surface area contributed by atoms with Gasteiger partial charge in [-0.15, -0.1) is 0 Å². The minimum absolute atomic E-state index is 0.0897. The average Bonchev–Trinajstić information content (AvgIpc) is 2.28. The Morgan fingerprint density at radius 3 is 2.56 bits per heavy atom. The molecule has 0 amide bonds. The number of aromatic nitrogens is 1. The zero-order chi connectivity index (χ0) is 13.8. The Morgan fingerprint density at radius 1 is 1.39 bits per heavy atom. The van der Waals surface area contributed by atoms with Crippen molar-refractivity contribution in [2.24, 2.45) is 0 Å². The summed E-state index contributed by atoms with van der Waals surface area (Å²) in [5.41, 5.74) is 1.03. The normalized spacial score (nSPS) is 11.3. The molecule has 0 spiro atoms. The summed E-state index contributed by atoms with van der Waals surface area (Å²) < 4.78 is 0. The number of carboxylic acid groups (broad SMARTS) is 1. The topological polar surface area (TPSA) is 62.2 Å². The number of carboxylic acids is 1. The number of hydrogen-bond acceptors (Lipinski definition) is 3. The van der Waals surface area contributed by atoms with Gasteiger partial charge in [-0.2, -0.15) is 0 Å². The van der Waals surface area contributed by atoms with E-state index < -0.39 is 5.97 Å². The molecule has 2 N–H and O–H groups in total. The van der Waals surface area contributed by atoms with Crippen molar-refractivity contribution in [3.8, 4) is 0 Å². The highest BCUT2D eigenvalue weighted by atomic mass is 16.4. The molecule has 0 aliphatic heterocycles. The van der Waals surface area contributed by atoms with Gasteiger partial charge in [0.15, 0.2) is 0 Å². The number of nitrogens with zero attached hydrogens (tertiary/aromatic N) is 1. The van der Waals surface area contributed by atoms with Gasteiger partial charge in [0, 0.05) is 11.2 Å². The lowest BCUT2D eigenvalue weighted by molar-refractivity contribution is 0.0696. The van der Waals surface area contributed by atoms with E-state index in [4.69, 9.17) is 5.11 Å². The summed E-state index contributed by atoms with van der Waals surface area (Å²) in [7, 11) is 0. The lowest BCUT2D eigenvalue weighted by Gasteiger charge is -2.25. The van der Waals surface area contributed by atoms with Crippen LogP contribution >= 0.6 is 0 Å². The van der Waals surface area contributed by atoms with Crippen LogP contribution in [0.15, 0.2) is 12.1 Å². The predicted molar refractivity (Wildman–Crippen MR) is 73.2 cm³/mol. The zero-order valence-electron chi connectivity index (χ0n) is 11.6. The minimum atomic E-state index is -0.910. The number of rotatable bonds is 6. The van der Waals surface area contributed by atoms with Gasteiger partial charge in [-0.05, 0) is 38.8 Å². The summed E-state index contributed by atoms with van der Waals surface area (Å²) >= 11 is 0. The van der Waals surface area contributed by atoms with Crippen LogP contribution in [0, 0.1) is 0 Å². The number of hydrogen-bond donors (Lipinski definition) is 2. The Balaban J connectivity index is 3.06. The second-order valence-electron chi connectivity index (χ2n) is 5.15. The van der Waals surface area contributed by atoms with Crippen molar-refractivity contribution >= 4 is 11.8 Å². The Bertz CT molecular complexity index is 428. The Labute approximate surface area is 108 Å². The van der Waals surface area contributed by atoms with Gasteiger partial charge < -0.3 is 10.4 Å². The van der Waals surface area contributed by atoms with Gasteiger partial charge in [0.2, 0.25) is 0 Å². The third kappa shape index (κ3) is 4.02. The standard InChI is InChI=1S/C14H22N2O2/c1-5-7-11-8-10(13(17)18)9-12(15-11)16-14(3,4)6-2/h8-9H,5-7H2,1-4H3,(H,15,16)(H,17,18). The van der Waals surface area contributed by atoms with E-state index in [2.05, 4.69) is 38.0 Å². The van der Waals surface area contributed by atoms with Gasteiger partial charge in [-0.1, -0.05) is 20.3 Å². The Hall–Kier alpha value is -1.58. The molecule has 0 aliphatic carbocycles. The van der Waals surface area contributed by atoms with Crippen molar-refractivity contribution < 1.29 is 9.90 Å². The molecule has 0 aromatic carbocycles. The van der Waals surface area contributed by atoms with Gasteiger partial charge in [-0.25, -0.2) is 9.78 Å². The quantitative estimate of drug-likeness (QED) is 0.813. The fraction of sp³-hybridized carbons (Fsp3) is 0.571. The van der Waals surface area contributed by atoms with Gasteiger partial charge in [0.25, 0.3) is 0 Å². The molecule has 1 aromatic rings. The highest BCUT2D eigenvalue weighted by Crippen LogP contribution is 2.18. The van der Waals surface area contributed by atoms with Crippen molar-refractivity contribution in [1.82, 2.24) is 4.98 Å². The number of anilines is 1. The molecule has 18 heavy (non-hydrogen) atoms. The van der Waals surface area contributed by atoms with Gasteiger partial charge >= 0.3 is 5.97 Å². The van der Waals surface area contributed by atoms with E-state index in [0.717, 1.165) is 25.0 Å². The molecule has 0 fully saturated rings. The fourth-order valence-corrected chi connectivity index (χ4v) is 1.59. The van der Waals surface area contributed by atoms with Crippen molar-refractivity contribution in [3.63, 3.8) is 0 Å². The van der Waals surface area contributed by atoms with Crippen LogP contribution in [-0.2, 0) is 6.42 Å². The molecule has 0 unspecified atom stereocenters. The van der Waals surface area contributed by atoms with E-state index in [-0.39, 0.29) is 5.54 Å². The first kappa shape index (κ1) is 14.5. The number of nitrogens with one attached hydrogen (secondary N) is 1. The number of aryl methyl sites for hydroxylation is 1. The largest absolute Gasteiger partial charge is 0.478 e. The van der Waals surface area contributed by atoms with Crippen LogP contribution in [-0.4, -0.2) is 21.6 Å². The molecule has 100 valence electrons. The second kappa shape index (κ2) is 5.85. The summed E-state index contributed by atoms with van der Waals surface area (Å²) in [5.74, 6) is -0.266. The van der Waals surface area contributed by atoms with E-state index >= 15 is 0 Å². The summed E-state index contributed by atoms with van der Waals surface area (Å²) in [6.45, 7) is 8.28. The summed E-state index contributed by atoms with van der Waals surface area (Å²) in [5, 5.41) is 12.4. The SMILES string of the molecule is CCCc1cc(C(=O)O)cc(NC(C)(C)CC)n1. The smallest absolute Gasteiger partial charge is 0.335 e. The average molecular weight is 250 g/mol. The monoisotopic (exact) mass is 250 g/mol. The van der Waals surface area contributed by atoms with Gasteiger partial charge in [0.1, 0.15) is 5.82 Å². The van der Waals surface area contributed by atoms with Crippen LogP contribution in [0.3, 0.4) is 0 Å². The molecule has 1 aromatic heterocycles. The maximum absolute atomic E-state index is 11.1. The van der Waals surface area contributed by atoms with Crippen LogP contribution in [0.4, 0.5) is 5.82 Å². The molecule has 0 saturated heterocycles. The lowest BCUT2D eigenvalue weighted by atomic mass is 10.0. The first-order chi connectivity index (χ1) is 8.38. The first-order valence-electron chi connectivity index (χ1n) is 6.40. The summed E-state index contributed by atoms with van der Waals surface area (Å²) in [4.78, 5) is 15.6. The molecule has 4 nitrogen and oxygen atoms in total. The summed E-state index contributed by atoms with van der Waals surface area (Å²) in [6.07, 6.45) is 2.68. The number of carbonyl (C=O) groups is 1. The maximum atomic E-state index is 11.1. The molecule has 0 radical (unpaired) electrons. The van der Waals surface area contributed by atoms with Crippen LogP contribution < -0.4 is 5.32 Å². The van der Waals surface area contributed by atoms with E-state index in [0.29, 0.717) is 11.4 Å². The second-order valence-corrected chi connectivity index (χ2v) is 5.15. The van der Waals surface area contributed by atoms with Crippen LogP contribution in [0.5, 0.6) is 0 Å². The predicted octanol–water partition coefficient (Wildman–Crippen LogP) is 3.33.